The standard InChI is InChI=1S/C54H33N5O/c1-2-13-34(14-3-1)35-27-28-50-46(32-35)43-22-12-21-40(51(43)60-50)36-15-10-16-37(31-36)52-56-53(44-23-11-17-38-33-55-30-29-39(38)44)58-54(57-52)45-20-6-9-26-49(45)59-47-24-7-4-18-41(47)42-19-5-8-25-48(42)59/h1-33H/i4D,5D,7D,18D,19D,24D,25D. The molecular formula is C54H33N5O. The number of rotatable bonds is 6. The molecule has 6 heteroatoms. The van der Waals surface area contributed by atoms with E-state index in [9.17, 15) is 1.37 Å². The zero-order valence-corrected chi connectivity index (χ0v) is 31.7. The Labute approximate surface area is 354 Å². The first kappa shape index (κ1) is 27.4. The van der Waals surface area contributed by atoms with Crippen LogP contribution in [0.15, 0.2) is 205 Å². The van der Waals surface area contributed by atoms with E-state index in [-0.39, 0.29) is 57.8 Å². The maximum absolute atomic E-state index is 9.17. The first-order valence-corrected chi connectivity index (χ1v) is 19.5. The molecule has 0 amide bonds. The second kappa shape index (κ2) is 13.7. The van der Waals surface area contributed by atoms with Crippen molar-refractivity contribution in [3.63, 3.8) is 0 Å². The van der Waals surface area contributed by atoms with Gasteiger partial charge >= 0.3 is 0 Å². The summed E-state index contributed by atoms with van der Waals surface area (Å²) in [4.78, 5) is 19.8. The van der Waals surface area contributed by atoms with Gasteiger partial charge in [0.15, 0.2) is 17.5 Å². The molecular weight excluding hydrogens is 735 g/mol. The molecule has 0 saturated heterocycles. The molecule has 0 saturated carbocycles. The third kappa shape index (κ3) is 5.50. The van der Waals surface area contributed by atoms with Gasteiger partial charge < -0.3 is 8.98 Å². The number of hydrogen-bond acceptors (Lipinski definition) is 5. The van der Waals surface area contributed by atoms with Crippen molar-refractivity contribution < 1.29 is 14.0 Å². The van der Waals surface area contributed by atoms with E-state index >= 15 is 0 Å². The van der Waals surface area contributed by atoms with Gasteiger partial charge in [-0.2, -0.15) is 0 Å². The van der Waals surface area contributed by atoms with Crippen LogP contribution in [0.4, 0.5) is 0 Å². The normalized spacial score (nSPS) is 13.3. The van der Waals surface area contributed by atoms with Crippen molar-refractivity contribution in [2.24, 2.45) is 0 Å². The van der Waals surface area contributed by atoms with E-state index < -0.39 is 12.1 Å². The van der Waals surface area contributed by atoms with Crippen LogP contribution in [0.1, 0.15) is 9.60 Å². The van der Waals surface area contributed by atoms with Crippen LogP contribution in [0.5, 0.6) is 0 Å². The molecule has 0 N–H and O–H groups in total. The first-order chi connectivity index (χ1) is 32.6. The second-order valence-electron chi connectivity index (χ2n) is 14.5. The molecule has 0 radical (unpaired) electrons. The number of pyridine rings is 1. The number of hydrogen-bond donors (Lipinski definition) is 0. The number of aromatic nitrogens is 5. The Bertz CT molecular complexity index is 4030. The Hall–Kier alpha value is -8.22. The average Bonchev–Trinajstić information content (AvgIpc) is 3.94. The van der Waals surface area contributed by atoms with Gasteiger partial charge in [0.05, 0.1) is 26.3 Å². The lowest BCUT2D eigenvalue weighted by atomic mass is 9.99. The monoisotopic (exact) mass is 774 g/mol. The topological polar surface area (TPSA) is 69.6 Å². The van der Waals surface area contributed by atoms with E-state index in [1.165, 1.54) is 6.07 Å². The number of para-hydroxylation sites is 4. The molecule has 0 spiro atoms. The SMILES string of the molecule is [2H]c1cc([2H])c2c(c1[2H])c1c([2H])c([2H])c([2H])c([2H])c1n2-c1ccccc1-c1nc(-c2cccc(-c3cccc4c3oc3ccc(-c5ccccc5)cc34)c2)nc(-c2cccc3cnccc23)n1. The molecule has 0 bridgehead atoms. The second-order valence-corrected chi connectivity index (χ2v) is 14.5. The Morgan fingerprint density at radius 1 is 0.450 bits per heavy atom. The van der Waals surface area contributed by atoms with Crippen LogP contribution < -0.4 is 0 Å². The molecule has 6 nitrogen and oxygen atoms in total. The summed E-state index contributed by atoms with van der Waals surface area (Å²) in [5.41, 5.74) is 8.07. The van der Waals surface area contributed by atoms with Crippen LogP contribution in [0.25, 0.3) is 117 Å². The van der Waals surface area contributed by atoms with Gasteiger partial charge in [0, 0.05) is 61.6 Å². The molecule has 0 fully saturated rings. The molecule has 0 atom stereocenters. The predicted octanol–water partition coefficient (Wildman–Crippen LogP) is 13.8. The van der Waals surface area contributed by atoms with Crippen LogP contribution in [0.3, 0.4) is 0 Å². The summed E-state index contributed by atoms with van der Waals surface area (Å²) in [6, 6.07) is 44.6. The maximum Gasteiger partial charge on any atom is 0.166 e. The van der Waals surface area contributed by atoms with Gasteiger partial charge in [-0.3, -0.25) is 4.98 Å². The highest BCUT2D eigenvalue weighted by Crippen LogP contribution is 2.40. The van der Waals surface area contributed by atoms with Crippen LogP contribution >= 0.6 is 0 Å². The highest BCUT2D eigenvalue weighted by Gasteiger charge is 2.21. The fourth-order valence-electron chi connectivity index (χ4n) is 8.29. The maximum atomic E-state index is 9.17. The van der Waals surface area contributed by atoms with Crippen LogP contribution in [0, 0.1) is 0 Å². The molecule has 0 aliphatic heterocycles. The van der Waals surface area contributed by atoms with E-state index in [0.717, 1.165) is 60.5 Å². The summed E-state index contributed by atoms with van der Waals surface area (Å²) in [5, 5.41) is 3.91. The molecule has 60 heavy (non-hydrogen) atoms. The third-order valence-electron chi connectivity index (χ3n) is 11.1. The van der Waals surface area contributed by atoms with Crippen molar-refractivity contribution in [3.8, 4) is 62.1 Å². The highest BCUT2D eigenvalue weighted by molar-refractivity contribution is 6.11. The zero-order valence-electron chi connectivity index (χ0n) is 38.7. The number of fused-ring (bicyclic) bond motifs is 7. The van der Waals surface area contributed by atoms with E-state index in [4.69, 9.17) is 27.6 Å². The number of furan rings is 1. The van der Waals surface area contributed by atoms with Crippen LogP contribution in [-0.2, 0) is 0 Å². The summed E-state index contributed by atoms with van der Waals surface area (Å²) in [6.07, 6.45) is 3.51. The summed E-state index contributed by atoms with van der Waals surface area (Å²) in [7, 11) is 0. The molecule has 0 aliphatic rings. The predicted molar refractivity (Wildman–Crippen MR) is 244 cm³/mol. The Morgan fingerprint density at radius 3 is 2.10 bits per heavy atom. The van der Waals surface area contributed by atoms with Crippen molar-refractivity contribution in [2.75, 3.05) is 0 Å². The number of benzene rings is 8. The smallest absolute Gasteiger partial charge is 0.166 e. The van der Waals surface area contributed by atoms with Crippen molar-refractivity contribution in [1.29, 1.82) is 0 Å². The summed E-state index contributed by atoms with van der Waals surface area (Å²) in [5.74, 6) is 0.999. The van der Waals surface area contributed by atoms with Crippen molar-refractivity contribution in [2.45, 2.75) is 0 Å². The molecule has 0 aliphatic carbocycles. The largest absolute Gasteiger partial charge is 0.455 e. The molecule has 280 valence electrons. The Kier molecular flexibility index (Phi) is 6.27. The quantitative estimate of drug-likeness (QED) is 0.168. The molecule has 0 unspecified atom stereocenters. The van der Waals surface area contributed by atoms with Crippen LogP contribution in [-0.4, -0.2) is 24.5 Å². The summed E-state index contributed by atoms with van der Waals surface area (Å²) >= 11 is 0. The molecule has 4 aromatic heterocycles. The third-order valence-corrected chi connectivity index (χ3v) is 11.1. The fraction of sp³-hybridized carbons (Fsp3) is 0. The number of nitrogens with zero attached hydrogens (tertiary/aromatic N) is 5. The minimum Gasteiger partial charge on any atom is -0.455 e. The van der Waals surface area contributed by atoms with Crippen molar-refractivity contribution in [3.05, 3.63) is 200 Å². The Morgan fingerprint density at radius 2 is 1.17 bits per heavy atom. The van der Waals surface area contributed by atoms with Gasteiger partial charge in [-0.15, -0.1) is 0 Å². The zero-order chi connectivity index (χ0) is 45.7. The average molecular weight is 775 g/mol. The van der Waals surface area contributed by atoms with Crippen molar-refractivity contribution >= 4 is 54.5 Å². The van der Waals surface area contributed by atoms with Crippen LogP contribution in [0.2, 0.25) is 0 Å². The van der Waals surface area contributed by atoms with Gasteiger partial charge in [-0.25, -0.2) is 15.0 Å². The van der Waals surface area contributed by atoms with E-state index in [1.54, 1.807) is 29.1 Å². The van der Waals surface area contributed by atoms with E-state index in [1.807, 2.05) is 97.1 Å². The molecule has 12 aromatic rings. The van der Waals surface area contributed by atoms with Gasteiger partial charge in [0.25, 0.3) is 0 Å². The lowest BCUT2D eigenvalue weighted by molar-refractivity contribution is 0.670. The highest BCUT2D eigenvalue weighted by atomic mass is 16.3. The minimum absolute atomic E-state index is 0.0534. The minimum atomic E-state index is -0.473. The Balaban J connectivity index is 1.09. The molecule has 8 aromatic carbocycles. The molecule has 12 rings (SSSR count). The molecule has 4 heterocycles. The van der Waals surface area contributed by atoms with Gasteiger partial charge in [0.1, 0.15) is 11.2 Å². The van der Waals surface area contributed by atoms with Gasteiger partial charge in [-0.1, -0.05) is 139 Å². The first-order valence-electron chi connectivity index (χ1n) is 23.0. The van der Waals surface area contributed by atoms with E-state index in [0.29, 0.717) is 28.5 Å². The lowest BCUT2D eigenvalue weighted by Crippen LogP contribution is -2.04. The van der Waals surface area contributed by atoms with Gasteiger partial charge in [0.2, 0.25) is 0 Å². The van der Waals surface area contributed by atoms with E-state index in [2.05, 4.69) is 35.3 Å². The van der Waals surface area contributed by atoms with Crippen molar-refractivity contribution in [1.82, 2.24) is 24.5 Å². The summed E-state index contributed by atoms with van der Waals surface area (Å²) < 4.78 is 70.2. The fourth-order valence-corrected chi connectivity index (χ4v) is 8.29. The lowest BCUT2D eigenvalue weighted by Gasteiger charge is -2.15. The summed E-state index contributed by atoms with van der Waals surface area (Å²) in [6.45, 7) is 0. The van der Waals surface area contributed by atoms with Gasteiger partial charge in [-0.05, 0) is 70.6 Å².